The second-order valence-corrected chi connectivity index (χ2v) is 5.67. The molecule has 7 heteroatoms. The van der Waals surface area contributed by atoms with Crippen molar-refractivity contribution >= 4 is 5.91 Å². The van der Waals surface area contributed by atoms with Crippen LogP contribution in [0.3, 0.4) is 0 Å². The Hall–Kier alpha value is -2.93. The van der Waals surface area contributed by atoms with Crippen LogP contribution in [-0.4, -0.2) is 35.5 Å². The molecular formula is C18H15FN2O4. The van der Waals surface area contributed by atoms with Gasteiger partial charge >= 0.3 is 0 Å². The Morgan fingerprint density at radius 1 is 1.20 bits per heavy atom. The highest BCUT2D eigenvalue weighted by molar-refractivity contribution is 5.97. The van der Waals surface area contributed by atoms with E-state index in [1.165, 1.54) is 24.8 Å². The molecule has 1 aromatic carbocycles. The molecule has 25 heavy (non-hydrogen) atoms. The van der Waals surface area contributed by atoms with Gasteiger partial charge in [0.25, 0.3) is 5.91 Å². The summed E-state index contributed by atoms with van der Waals surface area (Å²) >= 11 is 0. The maximum Gasteiger partial charge on any atom is 0.276 e. The predicted octanol–water partition coefficient (Wildman–Crippen LogP) is 3.29. The van der Waals surface area contributed by atoms with Gasteiger partial charge in [0, 0.05) is 6.54 Å². The van der Waals surface area contributed by atoms with Crippen molar-refractivity contribution in [2.24, 2.45) is 0 Å². The highest BCUT2D eigenvalue weighted by atomic mass is 19.1. The lowest BCUT2D eigenvalue weighted by Gasteiger charge is -2.32. The van der Waals surface area contributed by atoms with E-state index in [0.29, 0.717) is 31.2 Å². The van der Waals surface area contributed by atoms with Crippen LogP contribution in [0.25, 0.3) is 11.5 Å². The van der Waals surface area contributed by atoms with Crippen LogP contribution in [0.1, 0.15) is 22.2 Å². The second-order valence-electron chi connectivity index (χ2n) is 5.67. The average Bonchev–Trinajstić information content (AvgIpc) is 3.33. The van der Waals surface area contributed by atoms with Crippen LogP contribution in [-0.2, 0) is 4.74 Å². The van der Waals surface area contributed by atoms with E-state index < -0.39 is 0 Å². The highest BCUT2D eigenvalue weighted by Crippen LogP contribution is 2.27. The Balaban J connectivity index is 1.55. The molecule has 4 rings (SSSR count). The van der Waals surface area contributed by atoms with Gasteiger partial charge in [-0.25, -0.2) is 9.37 Å². The lowest BCUT2D eigenvalue weighted by molar-refractivity contribution is -0.0230. The van der Waals surface area contributed by atoms with E-state index >= 15 is 0 Å². The van der Waals surface area contributed by atoms with E-state index in [1.807, 2.05) is 0 Å². The summed E-state index contributed by atoms with van der Waals surface area (Å²) < 4.78 is 29.4. The van der Waals surface area contributed by atoms with Gasteiger partial charge in [0.2, 0.25) is 5.76 Å². The number of aromatic nitrogens is 1. The van der Waals surface area contributed by atoms with Crippen molar-refractivity contribution in [1.29, 1.82) is 0 Å². The van der Waals surface area contributed by atoms with Crippen molar-refractivity contribution in [1.82, 2.24) is 9.88 Å². The van der Waals surface area contributed by atoms with E-state index in [4.69, 9.17) is 13.6 Å². The van der Waals surface area contributed by atoms with E-state index in [-0.39, 0.29) is 23.5 Å². The quantitative estimate of drug-likeness (QED) is 0.730. The molecule has 6 nitrogen and oxygen atoms in total. The maximum absolute atomic E-state index is 13.1. The van der Waals surface area contributed by atoms with Crippen LogP contribution in [0, 0.1) is 5.82 Å². The normalized spacial score (nSPS) is 17.6. The Morgan fingerprint density at radius 2 is 2.04 bits per heavy atom. The summed E-state index contributed by atoms with van der Waals surface area (Å²) in [7, 11) is 0. The summed E-state index contributed by atoms with van der Waals surface area (Å²) in [4.78, 5) is 18.6. The third-order valence-corrected chi connectivity index (χ3v) is 4.11. The Morgan fingerprint density at radius 3 is 2.80 bits per heavy atom. The fourth-order valence-corrected chi connectivity index (χ4v) is 2.84. The van der Waals surface area contributed by atoms with Gasteiger partial charge in [-0.05, 0) is 29.8 Å². The van der Waals surface area contributed by atoms with Crippen molar-refractivity contribution in [3.8, 4) is 11.5 Å². The predicted molar refractivity (Wildman–Crippen MR) is 85.2 cm³/mol. The number of ether oxygens (including phenoxy) is 1. The largest absolute Gasteiger partial charge is 0.461 e. The van der Waals surface area contributed by atoms with Crippen LogP contribution in [0.4, 0.5) is 4.39 Å². The molecule has 0 unspecified atom stereocenters. The summed E-state index contributed by atoms with van der Waals surface area (Å²) in [5.41, 5.74) is 1.03. The highest BCUT2D eigenvalue weighted by Gasteiger charge is 2.30. The first-order valence-corrected chi connectivity index (χ1v) is 7.86. The smallest absolute Gasteiger partial charge is 0.276 e. The number of carbonyl (C=O) groups excluding carboxylic acids is 1. The molecule has 1 aliphatic heterocycles. The summed E-state index contributed by atoms with van der Waals surface area (Å²) in [6.45, 7) is 1.19. The van der Waals surface area contributed by atoms with Crippen LogP contribution < -0.4 is 0 Å². The topological polar surface area (TPSA) is 68.7 Å². The lowest BCUT2D eigenvalue weighted by atomic mass is 10.1. The van der Waals surface area contributed by atoms with Crippen LogP contribution in [0.15, 0.2) is 57.9 Å². The zero-order chi connectivity index (χ0) is 17.2. The first-order valence-electron chi connectivity index (χ1n) is 7.86. The summed E-state index contributed by atoms with van der Waals surface area (Å²) in [5.74, 6) is 0.192. The summed E-state index contributed by atoms with van der Waals surface area (Å²) in [5, 5.41) is 0. The van der Waals surface area contributed by atoms with Gasteiger partial charge in [0.1, 0.15) is 11.9 Å². The molecule has 3 aromatic rings. The molecule has 1 aliphatic rings. The van der Waals surface area contributed by atoms with Crippen molar-refractivity contribution in [2.45, 2.75) is 6.10 Å². The summed E-state index contributed by atoms with van der Waals surface area (Å²) in [6, 6.07) is 9.51. The number of morpholine rings is 1. The van der Waals surface area contributed by atoms with Gasteiger partial charge in [-0.2, -0.15) is 0 Å². The first-order chi connectivity index (χ1) is 12.2. The third-order valence-electron chi connectivity index (χ3n) is 4.11. The molecule has 3 heterocycles. The zero-order valence-corrected chi connectivity index (χ0v) is 13.2. The molecule has 0 radical (unpaired) electrons. The van der Waals surface area contributed by atoms with E-state index in [2.05, 4.69) is 4.98 Å². The monoisotopic (exact) mass is 342 g/mol. The minimum Gasteiger partial charge on any atom is -0.461 e. The fourth-order valence-electron chi connectivity index (χ4n) is 2.84. The number of nitrogens with zero attached hydrogens (tertiary/aromatic N) is 2. The van der Waals surface area contributed by atoms with E-state index in [1.54, 1.807) is 29.2 Å². The number of rotatable bonds is 3. The van der Waals surface area contributed by atoms with Gasteiger partial charge in [0.15, 0.2) is 17.8 Å². The van der Waals surface area contributed by atoms with Gasteiger partial charge in [-0.3, -0.25) is 4.79 Å². The van der Waals surface area contributed by atoms with Crippen molar-refractivity contribution in [2.75, 3.05) is 19.7 Å². The molecule has 0 aliphatic carbocycles. The number of halogens is 1. The molecule has 1 fully saturated rings. The number of benzene rings is 1. The van der Waals surface area contributed by atoms with E-state index in [0.717, 1.165) is 5.56 Å². The zero-order valence-electron chi connectivity index (χ0n) is 13.2. The molecule has 0 bridgehead atoms. The summed E-state index contributed by atoms with van der Waals surface area (Å²) in [6.07, 6.45) is 2.42. The maximum atomic E-state index is 13.1. The van der Waals surface area contributed by atoms with Crippen LogP contribution in [0.2, 0.25) is 0 Å². The van der Waals surface area contributed by atoms with E-state index in [9.17, 15) is 9.18 Å². The van der Waals surface area contributed by atoms with Crippen molar-refractivity contribution in [3.63, 3.8) is 0 Å². The second kappa shape index (κ2) is 6.52. The van der Waals surface area contributed by atoms with Gasteiger partial charge in [-0.1, -0.05) is 12.1 Å². The van der Waals surface area contributed by atoms with Gasteiger partial charge in [0.05, 0.1) is 19.4 Å². The minimum absolute atomic E-state index is 0.203. The molecule has 1 saturated heterocycles. The Kier molecular flexibility index (Phi) is 4.07. The molecule has 1 amide bonds. The fraction of sp³-hybridized carbons (Fsp3) is 0.222. The molecule has 1 atom stereocenters. The van der Waals surface area contributed by atoms with Gasteiger partial charge < -0.3 is 18.5 Å². The third kappa shape index (κ3) is 3.06. The number of carbonyl (C=O) groups is 1. The molecular weight excluding hydrogens is 327 g/mol. The van der Waals surface area contributed by atoms with Crippen LogP contribution in [0.5, 0.6) is 0 Å². The Labute approximate surface area is 142 Å². The number of hydrogen-bond donors (Lipinski definition) is 0. The molecule has 2 aromatic heterocycles. The van der Waals surface area contributed by atoms with Gasteiger partial charge in [-0.15, -0.1) is 0 Å². The Bertz CT molecular complexity index is 858. The van der Waals surface area contributed by atoms with Crippen molar-refractivity contribution < 1.29 is 22.8 Å². The number of furan rings is 1. The SMILES string of the molecule is O=C(c1ncoc1-c1ccco1)N1CCO[C@@H](c2ccc(F)cc2)C1. The number of hydrogen-bond acceptors (Lipinski definition) is 5. The first kappa shape index (κ1) is 15.6. The molecule has 0 N–H and O–H groups in total. The average molecular weight is 342 g/mol. The standard InChI is InChI=1S/C18H15FN2O4/c19-13-5-3-12(4-6-13)15-10-21(7-9-24-15)18(22)16-17(25-11-20-16)14-2-1-8-23-14/h1-6,8,11,15H,7,9-10H2/t15-/m1/s1. The van der Waals surface area contributed by atoms with Crippen molar-refractivity contribution in [3.05, 3.63) is 66.1 Å². The number of oxazole rings is 1. The number of amides is 1. The molecule has 128 valence electrons. The molecule has 0 spiro atoms. The minimum atomic E-state index is -0.308. The van der Waals surface area contributed by atoms with Crippen LogP contribution >= 0.6 is 0 Å². The molecule has 0 saturated carbocycles. The lowest BCUT2D eigenvalue weighted by Crippen LogP contribution is -2.42.